The third-order valence-electron chi connectivity index (χ3n) is 5.59. The van der Waals surface area contributed by atoms with Gasteiger partial charge in [-0.25, -0.2) is 0 Å². The van der Waals surface area contributed by atoms with Gasteiger partial charge < -0.3 is 8.83 Å². The van der Waals surface area contributed by atoms with E-state index in [1.165, 1.54) is 11.1 Å². The highest BCUT2D eigenvalue weighted by Gasteiger charge is 2.17. The second-order valence-electron chi connectivity index (χ2n) is 7.57. The largest absolute Gasteiger partial charge is 0.455 e. The van der Waals surface area contributed by atoms with Gasteiger partial charge in [0.25, 0.3) is 0 Å². The van der Waals surface area contributed by atoms with Crippen molar-refractivity contribution in [2.24, 2.45) is 0 Å². The molecule has 0 aliphatic heterocycles. The number of hydrogen-bond acceptors (Lipinski definition) is 2. The van der Waals surface area contributed by atoms with Gasteiger partial charge in [0.2, 0.25) is 0 Å². The van der Waals surface area contributed by atoms with Gasteiger partial charge in [0.1, 0.15) is 22.3 Å². The molecule has 0 bridgehead atoms. The van der Waals surface area contributed by atoms with Gasteiger partial charge >= 0.3 is 0 Å². The van der Waals surface area contributed by atoms with Crippen LogP contribution in [0, 0.1) is 13.8 Å². The average Bonchev–Trinajstić information content (AvgIpc) is 3.25. The van der Waals surface area contributed by atoms with Crippen LogP contribution >= 0.6 is 0 Å². The summed E-state index contributed by atoms with van der Waals surface area (Å²) in [6.45, 7) is 4.22. The van der Waals surface area contributed by atoms with Crippen molar-refractivity contribution in [1.29, 1.82) is 0 Å². The molecule has 134 valence electrons. The lowest BCUT2D eigenvalue weighted by molar-refractivity contribution is 0.665. The number of benzene rings is 4. The first-order chi connectivity index (χ1) is 13.7. The molecular formula is C26H18O2. The Balaban J connectivity index is 1.73. The van der Waals surface area contributed by atoms with Crippen LogP contribution in [0.5, 0.6) is 0 Å². The minimum atomic E-state index is 0.909. The molecule has 0 aliphatic carbocycles. The zero-order chi connectivity index (χ0) is 18.8. The Hall–Kier alpha value is -3.52. The molecule has 0 radical (unpaired) electrons. The van der Waals surface area contributed by atoms with Crippen molar-refractivity contribution < 1.29 is 8.83 Å². The van der Waals surface area contributed by atoms with E-state index in [2.05, 4.69) is 86.6 Å². The smallest absolute Gasteiger partial charge is 0.143 e. The SMILES string of the molecule is Cc1ccc2oc3c(-c4cccc5c4oc4ccc(C)cc45)cccc3c2c1. The van der Waals surface area contributed by atoms with E-state index in [1.54, 1.807) is 0 Å². The van der Waals surface area contributed by atoms with Gasteiger partial charge in [-0.1, -0.05) is 59.7 Å². The molecule has 0 unspecified atom stereocenters. The van der Waals surface area contributed by atoms with E-state index < -0.39 is 0 Å². The molecule has 2 heterocycles. The zero-order valence-electron chi connectivity index (χ0n) is 15.7. The third kappa shape index (κ3) is 2.09. The fourth-order valence-electron chi connectivity index (χ4n) is 4.25. The first-order valence-electron chi connectivity index (χ1n) is 9.53. The Kier molecular flexibility index (Phi) is 3.05. The first-order valence-corrected chi connectivity index (χ1v) is 9.53. The summed E-state index contributed by atoms with van der Waals surface area (Å²) in [6, 6.07) is 25.4. The van der Waals surface area contributed by atoms with Crippen molar-refractivity contribution in [3.8, 4) is 11.1 Å². The number of fused-ring (bicyclic) bond motifs is 6. The summed E-state index contributed by atoms with van der Waals surface area (Å²) >= 11 is 0. The van der Waals surface area contributed by atoms with Gasteiger partial charge in [0, 0.05) is 32.7 Å². The van der Waals surface area contributed by atoms with E-state index in [-0.39, 0.29) is 0 Å². The zero-order valence-corrected chi connectivity index (χ0v) is 15.7. The van der Waals surface area contributed by atoms with E-state index in [4.69, 9.17) is 8.83 Å². The number of aryl methyl sites for hydroxylation is 2. The van der Waals surface area contributed by atoms with Crippen LogP contribution in [-0.2, 0) is 0 Å². The normalized spacial score (nSPS) is 11.9. The Bertz CT molecular complexity index is 1410. The molecule has 4 aromatic carbocycles. The third-order valence-corrected chi connectivity index (χ3v) is 5.59. The maximum Gasteiger partial charge on any atom is 0.143 e. The second kappa shape index (κ2) is 5.49. The lowest BCUT2D eigenvalue weighted by atomic mass is 9.99. The topological polar surface area (TPSA) is 26.3 Å². The molecule has 0 saturated heterocycles. The lowest BCUT2D eigenvalue weighted by Crippen LogP contribution is -1.80. The summed E-state index contributed by atoms with van der Waals surface area (Å²) in [6.07, 6.45) is 0. The average molecular weight is 362 g/mol. The molecule has 0 aliphatic rings. The maximum absolute atomic E-state index is 6.29. The summed E-state index contributed by atoms with van der Waals surface area (Å²) in [5.74, 6) is 0. The van der Waals surface area contributed by atoms with Crippen molar-refractivity contribution >= 4 is 43.9 Å². The van der Waals surface area contributed by atoms with Crippen LogP contribution in [-0.4, -0.2) is 0 Å². The molecular weight excluding hydrogens is 344 g/mol. The summed E-state index contributed by atoms with van der Waals surface area (Å²) in [4.78, 5) is 0. The Morgan fingerprint density at radius 3 is 1.43 bits per heavy atom. The quantitative estimate of drug-likeness (QED) is 0.299. The summed E-state index contributed by atoms with van der Waals surface area (Å²) in [5, 5.41) is 4.59. The van der Waals surface area contributed by atoms with Gasteiger partial charge in [-0.2, -0.15) is 0 Å². The fraction of sp³-hybridized carbons (Fsp3) is 0.0769. The predicted molar refractivity (Wildman–Crippen MR) is 116 cm³/mol. The van der Waals surface area contributed by atoms with Crippen LogP contribution in [0.3, 0.4) is 0 Å². The standard InChI is InChI=1S/C26H18O2/c1-15-9-11-23-21(13-15)19-7-3-5-17(25(19)27-23)18-6-4-8-20-22-14-16(2)10-12-24(22)28-26(18)20/h3-14H,1-2H3. The van der Waals surface area contributed by atoms with E-state index >= 15 is 0 Å². The van der Waals surface area contributed by atoms with Crippen LogP contribution in [0.15, 0.2) is 81.6 Å². The Labute approximate surface area is 162 Å². The Morgan fingerprint density at radius 1 is 0.500 bits per heavy atom. The lowest BCUT2D eigenvalue weighted by Gasteiger charge is -2.03. The fourth-order valence-corrected chi connectivity index (χ4v) is 4.25. The van der Waals surface area contributed by atoms with Crippen LogP contribution in [0.4, 0.5) is 0 Å². The molecule has 28 heavy (non-hydrogen) atoms. The van der Waals surface area contributed by atoms with Crippen LogP contribution in [0.25, 0.3) is 55.0 Å². The van der Waals surface area contributed by atoms with E-state index in [0.717, 1.165) is 55.0 Å². The highest BCUT2D eigenvalue weighted by molar-refractivity contribution is 6.14. The summed E-state index contributed by atoms with van der Waals surface area (Å²) < 4.78 is 12.6. The molecule has 2 heteroatoms. The van der Waals surface area contributed by atoms with Crippen molar-refractivity contribution in [1.82, 2.24) is 0 Å². The van der Waals surface area contributed by atoms with Gasteiger partial charge in [-0.15, -0.1) is 0 Å². The Morgan fingerprint density at radius 2 is 0.964 bits per heavy atom. The predicted octanol–water partition coefficient (Wildman–Crippen LogP) is 7.77. The van der Waals surface area contributed by atoms with Crippen molar-refractivity contribution in [3.63, 3.8) is 0 Å². The molecule has 6 aromatic rings. The van der Waals surface area contributed by atoms with Crippen LogP contribution in [0.2, 0.25) is 0 Å². The highest BCUT2D eigenvalue weighted by Crippen LogP contribution is 2.41. The van der Waals surface area contributed by atoms with Crippen molar-refractivity contribution in [2.45, 2.75) is 13.8 Å². The van der Waals surface area contributed by atoms with E-state index in [0.29, 0.717) is 0 Å². The van der Waals surface area contributed by atoms with E-state index in [1.807, 2.05) is 0 Å². The van der Waals surface area contributed by atoms with Crippen molar-refractivity contribution in [2.75, 3.05) is 0 Å². The van der Waals surface area contributed by atoms with Gasteiger partial charge in [0.05, 0.1) is 0 Å². The molecule has 0 saturated carbocycles. The van der Waals surface area contributed by atoms with Crippen molar-refractivity contribution in [3.05, 3.63) is 83.9 Å². The number of para-hydroxylation sites is 2. The highest BCUT2D eigenvalue weighted by atomic mass is 16.3. The van der Waals surface area contributed by atoms with Gasteiger partial charge in [-0.05, 0) is 38.1 Å². The van der Waals surface area contributed by atoms with Crippen LogP contribution < -0.4 is 0 Å². The minimum absolute atomic E-state index is 0.909. The molecule has 0 fully saturated rings. The van der Waals surface area contributed by atoms with Gasteiger partial charge in [0.15, 0.2) is 0 Å². The van der Waals surface area contributed by atoms with E-state index in [9.17, 15) is 0 Å². The molecule has 0 N–H and O–H groups in total. The first kappa shape index (κ1) is 15.5. The number of rotatable bonds is 1. The summed E-state index contributed by atoms with van der Waals surface area (Å²) in [5.41, 5.74) is 8.24. The maximum atomic E-state index is 6.29. The van der Waals surface area contributed by atoms with Crippen LogP contribution in [0.1, 0.15) is 11.1 Å². The molecule has 6 rings (SSSR count). The monoisotopic (exact) mass is 362 g/mol. The number of furan rings is 2. The molecule has 0 amide bonds. The van der Waals surface area contributed by atoms with Gasteiger partial charge in [-0.3, -0.25) is 0 Å². The number of hydrogen-bond donors (Lipinski definition) is 0. The second-order valence-corrected chi connectivity index (χ2v) is 7.57. The molecule has 2 nitrogen and oxygen atoms in total. The summed E-state index contributed by atoms with van der Waals surface area (Å²) in [7, 11) is 0. The molecule has 0 spiro atoms. The molecule has 0 atom stereocenters. The minimum Gasteiger partial charge on any atom is -0.455 e. The molecule has 2 aromatic heterocycles.